The summed E-state index contributed by atoms with van der Waals surface area (Å²) < 4.78 is 0.572. The molecule has 0 aliphatic carbocycles. The second-order valence-corrected chi connectivity index (χ2v) is 1.95. The fraction of sp³-hybridized carbons (Fsp3) is 0.143. The summed E-state index contributed by atoms with van der Waals surface area (Å²) in [6, 6.07) is 3.36. The summed E-state index contributed by atoms with van der Waals surface area (Å²) in [6.45, 7) is 8.37. The standard InChI is InChI=1S/C7H6N2O/c1-6-4-3-5-9(10)7(6)8-2/h3-5H,1H3. The van der Waals surface area contributed by atoms with Gasteiger partial charge in [-0.1, -0.05) is 6.07 Å². The lowest BCUT2D eigenvalue weighted by Gasteiger charge is -1.98. The number of aryl methyl sites for hydroxylation is 1. The Balaban J connectivity index is 3.34. The summed E-state index contributed by atoms with van der Waals surface area (Å²) in [7, 11) is 0. The van der Waals surface area contributed by atoms with Crippen LogP contribution in [-0.4, -0.2) is 0 Å². The van der Waals surface area contributed by atoms with Gasteiger partial charge < -0.3 is 5.21 Å². The van der Waals surface area contributed by atoms with E-state index in [2.05, 4.69) is 4.85 Å². The van der Waals surface area contributed by atoms with Gasteiger partial charge in [-0.15, -0.1) is 0 Å². The van der Waals surface area contributed by atoms with Gasteiger partial charge in [0.1, 0.15) is 6.57 Å². The van der Waals surface area contributed by atoms with E-state index in [1.165, 1.54) is 6.20 Å². The Kier molecular flexibility index (Phi) is 1.55. The van der Waals surface area contributed by atoms with Crippen molar-refractivity contribution in [2.24, 2.45) is 0 Å². The molecule has 0 saturated carbocycles. The Labute approximate surface area is 58.9 Å². The quantitative estimate of drug-likeness (QED) is 0.298. The van der Waals surface area contributed by atoms with E-state index in [1.807, 2.05) is 0 Å². The zero-order chi connectivity index (χ0) is 7.56. The minimum atomic E-state index is 0.155. The van der Waals surface area contributed by atoms with Gasteiger partial charge in [-0.25, -0.2) is 0 Å². The highest BCUT2D eigenvalue weighted by molar-refractivity contribution is 5.38. The van der Waals surface area contributed by atoms with Gasteiger partial charge in [0, 0.05) is 11.6 Å². The van der Waals surface area contributed by atoms with Crippen LogP contribution in [0.3, 0.4) is 0 Å². The largest absolute Gasteiger partial charge is 0.629 e. The van der Waals surface area contributed by atoms with Crippen molar-refractivity contribution in [3.63, 3.8) is 0 Å². The molecule has 0 aliphatic rings. The molecule has 0 aromatic carbocycles. The Morgan fingerprint density at radius 1 is 1.70 bits per heavy atom. The van der Waals surface area contributed by atoms with E-state index in [9.17, 15) is 5.21 Å². The molecule has 1 aromatic heterocycles. The normalized spacial score (nSPS) is 8.80. The highest BCUT2D eigenvalue weighted by atomic mass is 16.5. The molecule has 0 N–H and O–H groups in total. The minimum absolute atomic E-state index is 0.155. The van der Waals surface area contributed by atoms with Crippen LogP contribution >= 0.6 is 0 Å². The third kappa shape index (κ3) is 0.914. The summed E-state index contributed by atoms with van der Waals surface area (Å²) in [5.74, 6) is 0.155. The fourth-order valence-electron chi connectivity index (χ4n) is 0.722. The molecule has 0 spiro atoms. The summed E-state index contributed by atoms with van der Waals surface area (Å²) in [6.07, 6.45) is 1.32. The Morgan fingerprint density at radius 2 is 2.40 bits per heavy atom. The third-order valence-corrected chi connectivity index (χ3v) is 1.24. The van der Waals surface area contributed by atoms with Crippen LogP contribution in [0.2, 0.25) is 0 Å². The summed E-state index contributed by atoms with van der Waals surface area (Å²) in [5.41, 5.74) is 0.715. The van der Waals surface area contributed by atoms with Crippen molar-refractivity contribution in [3.8, 4) is 0 Å². The van der Waals surface area contributed by atoms with Crippen LogP contribution in [0.25, 0.3) is 4.85 Å². The monoisotopic (exact) mass is 134 g/mol. The van der Waals surface area contributed by atoms with Crippen LogP contribution < -0.4 is 4.73 Å². The van der Waals surface area contributed by atoms with Gasteiger partial charge in [0.15, 0.2) is 6.20 Å². The predicted molar refractivity (Wildman–Crippen MR) is 36.4 cm³/mol. The molecule has 1 rings (SSSR count). The fourth-order valence-corrected chi connectivity index (χ4v) is 0.722. The van der Waals surface area contributed by atoms with E-state index >= 15 is 0 Å². The number of hydrogen-bond acceptors (Lipinski definition) is 1. The van der Waals surface area contributed by atoms with Gasteiger partial charge in [-0.2, -0.15) is 9.58 Å². The molecule has 10 heavy (non-hydrogen) atoms. The van der Waals surface area contributed by atoms with E-state index in [4.69, 9.17) is 6.57 Å². The van der Waals surface area contributed by atoms with Gasteiger partial charge in [0.2, 0.25) is 0 Å². The van der Waals surface area contributed by atoms with Gasteiger partial charge >= 0.3 is 5.82 Å². The number of rotatable bonds is 0. The number of nitrogens with zero attached hydrogens (tertiary/aromatic N) is 2. The second-order valence-electron chi connectivity index (χ2n) is 1.95. The molecule has 50 valence electrons. The number of hydrogen-bond donors (Lipinski definition) is 0. The van der Waals surface area contributed by atoms with Gasteiger partial charge in [-0.05, 0) is 6.92 Å². The number of pyridine rings is 1. The highest BCUT2D eigenvalue weighted by Gasteiger charge is 2.05. The predicted octanol–water partition coefficient (Wildman–Crippen LogP) is 1.18. The van der Waals surface area contributed by atoms with Crippen molar-refractivity contribution in [2.45, 2.75) is 6.92 Å². The first kappa shape index (κ1) is 6.56. The molecule has 0 bridgehead atoms. The molecule has 0 radical (unpaired) electrons. The summed E-state index contributed by atoms with van der Waals surface area (Å²) in [5, 5.41) is 10.8. The minimum Gasteiger partial charge on any atom is -0.629 e. The molecular formula is C7H6N2O. The maximum atomic E-state index is 10.8. The molecule has 1 aromatic rings. The van der Waals surface area contributed by atoms with Crippen LogP contribution in [-0.2, 0) is 0 Å². The molecule has 0 atom stereocenters. The van der Waals surface area contributed by atoms with E-state index in [0.29, 0.717) is 10.3 Å². The molecule has 1 heterocycles. The zero-order valence-corrected chi connectivity index (χ0v) is 5.53. The van der Waals surface area contributed by atoms with Gasteiger partial charge in [-0.3, -0.25) is 0 Å². The molecule has 0 aliphatic heterocycles. The van der Waals surface area contributed by atoms with Crippen molar-refractivity contribution in [2.75, 3.05) is 0 Å². The van der Waals surface area contributed by atoms with Crippen LogP contribution in [0.15, 0.2) is 18.3 Å². The van der Waals surface area contributed by atoms with Crippen molar-refractivity contribution >= 4 is 5.82 Å². The van der Waals surface area contributed by atoms with E-state index < -0.39 is 0 Å². The molecule has 0 saturated heterocycles. The molecule has 0 amide bonds. The number of aromatic nitrogens is 1. The van der Waals surface area contributed by atoms with Crippen molar-refractivity contribution in [1.29, 1.82) is 0 Å². The smallest absolute Gasteiger partial charge is 0.433 e. The maximum absolute atomic E-state index is 10.8. The highest BCUT2D eigenvalue weighted by Crippen LogP contribution is 2.09. The lowest BCUT2D eigenvalue weighted by atomic mass is 10.3. The Hall–Kier alpha value is -1.56. The van der Waals surface area contributed by atoms with Crippen LogP contribution in [0.4, 0.5) is 5.82 Å². The summed E-state index contributed by atoms with van der Waals surface area (Å²) >= 11 is 0. The second kappa shape index (κ2) is 2.36. The summed E-state index contributed by atoms with van der Waals surface area (Å²) in [4.78, 5) is 3.07. The lowest BCUT2D eigenvalue weighted by molar-refractivity contribution is -0.589. The molecule has 0 unspecified atom stereocenters. The van der Waals surface area contributed by atoms with Gasteiger partial charge in [0.05, 0.1) is 0 Å². The van der Waals surface area contributed by atoms with Crippen LogP contribution in [0.1, 0.15) is 5.56 Å². The Morgan fingerprint density at radius 3 is 2.80 bits per heavy atom. The van der Waals surface area contributed by atoms with Gasteiger partial charge in [0.25, 0.3) is 0 Å². The van der Waals surface area contributed by atoms with E-state index in [1.54, 1.807) is 19.1 Å². The zero-order valence-electron chi connectivity index (χ0n) is 5.53. The maximum Gasteiger partial charge on any atom is 0.433 e. The molecular weight excluding hydrogens is 128 g/mol. The first-order chi connectivity index (χ1) is 4.75. The molecule has 3 nitrogen and oxygen atoms in total. The van der Waals surface area contributed by atoms with Crippen molar-refractivity contribution in [1.82, 2.24) is 0 Å². The molecule has 3 heteroatoms. The SMILES string of the molecule is [C-]#[N+]c1c(C)ccc[n+]1[O-]. The lowest BCUT2D eigenvalue weighted by Crippen LogP contribution is -2.25. The van der Waals surface area contributed by atoms with Crippen LogP contribution in [0.5, 0.6) is 0 Å². The van der Waals surface area contributed by atoms with Crippen molar-refractivity contribution in [3.05, 3.63) is 40.5 Å². The first-order valence-electron chi connectivity index (χ1n) is 2.82. The van der Waals surface area contributed by atoms with E-state index in [-0.39, 0.29) is 5.82 Å². The van der Waals surface area contributed by atoms with Crippen LogP contribution in [0, 0.1) is 18.7 Å². The average molecular weight is 134 g/mol. The average Bonchev–Trinajstić information content (AvgIpc) is 1.88. The first-order valence-corrected chi connectivity index (χ1v) is 2.82. The Bertz CT molecular complexity index is 268. The van der Waals surface area contributed by atoms with E-state index in [0.717, 1.165) is 0 Å². The molecule has 0 fully saturated rings. The van der Waals surface area contributed by atoms with Crippen molar-refractivity contribution < 1.29 is 4.73 Å². The topological polar surface area (TPSA) is 31.3 Å². The third-order valence-electron chi connectivity index (χ3n) is 1.24.